The van der Waals surface area contributed by atoms with Gasteiger partial charge in [0.15, 0.2) is 0 Å². The molecule has 1 N–H and O–H groups in total. The molecular weight excluding hydrogens is 176 g/mol. The number of nitrogens with zero attached hydrogens (tertiary/aromatic N) is 2. The fraction of sp³-hybridized carbons (Fsp3) is 0.545. The average Bonchev–Trinajstić information content (AvgIpc) is 2.75. The zero-order valence-corrected chi connectivity index (χ0v) is 8.48. The van der Waals surface area contributed by atoms with Gasteiger partial charge in [0, 0.05) is 19.7 Å². The van der Waals surface area contributed by atoms with Crippen LogP contribution in [0.3, 0.4) is 0 Å². The van der Waals surface area contributed by atoms with Crippen LogP contribution in [0.5, 0.6) is 0 Å². The molecule has 0 aliphatic heterocycles. The molecule has 0 radical (unpaired) electrons. The second kappa shape index (κ2) is 3.96. The number of aryl methyl sites for hydroxylation is 1. The van der Waals surface area contributed by atoms with Gasteiger partial charge in [0.2, 0.25) is 0 Å². The minimum atomic E-state index is -0.430. The second-order valence-corrected chi connectivity index (χ2v) is 3.89. The van der Waals surface area contributed by atoms with E-state index in [1.165, 1.54) is 18.4 Å². The normalized spacial score (nSPS) is 18.3. The fourth-order valence-corrected chi connectivity index (χ4v) is 1.89. The molecule has 0 amide bonds. The maximum atomic E-state index is 9.88. The third-order valence-corrected chi connectivity index (χ3v) is 2.67. The Labute approximate surface area is 84.1 Å². The summed E-state index contributed by atoms with van der Waals surface area (Å²) in [6, 6.07) is 1.88. The summed E-state index contributed by atoms with van der Waals surface area (Å²) in [5, 5.41) is 14.1. The SMILES string of the molecule is Cn1ccc(C(O)CC2=CCCC2)n1. The predicted octanol–water partition coefficient (Wildman–Crippen LogP) is 1.95. The molecule has 1 unspecified atom stereocenters. The molecule has 3 heteroatoms. The monoisotopic (exact) mass is 192 g/mol. The van der Waals surface area contributed by atoms with E-state index in [0.29, 0.717) is 0 Å². The van der Waals surface area contributed by atoms with Crippen LogP contribution in [0.1, 0.15) is 37.5 Å². The molecule has 0 spiro atoms. The molecule has 0 aromatic carbocycles. The van der Waals surface area contributed by atoms with E-state index in [9.17, 15) is 5.11 Å². The van der Waals surface area contributed by atoms with Crippen molar-refractivity contribution in [3.8, 4) is 0 Å². The fourth-order valence-electron chi connectivity index (χ4n) is 1.89. The molecule has 1 aromatic rings. The summed E-state index contributed by atoms with van der Waals surface area (Å²) >= 11 is 0. The highest BCUT2D eigenvalue weighted by Crippen LogP contribution is 2.27. The van der Waals surface area contributed by atoms with E-state index < -0.39 is 6.10 Å². The van der Waals surface area contributed by atoms with Crippen LogP contribution < -0.4 is 0 Å². The van der Waals surface area contributed by atoms with Gasteiger partial charge < -0.3 is 5.11 Å². The molecule has 1 heterocycles. The zero-order valence-electron chi connectivity index (χ0n) is 8.48. The maximum absolute atomic E-state index is 9.88. The summed E-state index contributed by atoms with van der Waals surface area (Å²) < 4.78 is 1.72. The van der Waals surface area contributed by atoms with Gasteiger partial charge in [-0.25, -0.2) is 0 Å². The van der Waals surface area contributed by atoms with E-state index in [4.69, 9.17) is 0 Å². The third kappa shape index (κ3) is 2.04. The van der Waals surface area contributed by atoms with Crippen molar-refractivity contribution in [2.75, 3.05) is 0 Å². The minimum Gasteiger partial charge on any atom is -0.386 e. The van der Waals surface area contributed by atoms with Crippen molar-refractivity contribution >= 4 is 0 Å². The van der Waals surface area contributed by atoms with Crippen LogP contribution in [0.4, 0.5) is 0 Å². The summed E-state index contributed by atoms with van der Waals surface area (Å²) in [6.45, 7) is 0. The Hall–Kier alpha value is -1.09. The maximum Gasteiger partial charge on any atom is 0.101 e. The highest BCUT2D eigenvalue weighted by atomic mass is 16.3. The predicted molar refractivity (Wildman–Crippen MR) is 54.7 cm³/mol. The van der Waals surface area contributed by atoms with E-state index >= 15 is 0 Å². The van der Waals surface area contributed by atoms with Gasteiger partial charge in [-0.15, -0.1) is 0 Å². The van der Waals surface area contributed by atoms with E-state index in [0.717, 1.165) is 18.5 Å². The number of hydrogen-bond donors (Lipinski definition) is 1. The van der Waals surface area contributed by atoms with Crippen LogP contribution in [-0.2, 0) is 7.05 Å². The Morgan fingerprint density at radius 3 is 3.07 bits per heavy atom. The molecule has 2 rings (SSSR count). The van der Waals surface area contributed by atoms with Crippen molar-refractivity contribution in [2.45, 2.75) is 31.8 Å². The molecule has 1 atom stereocenters. The van der Waals surface area contributed by atoms with Crippen molar-refractivity contribution in [3.63, 3.8) is 0 Å². The first-order chi connectivity index (χ1) is 6.75. The van der Waals surface area contributed by atoms with E-state index in [1.807, 2.05) is 19.3 Å². The zero-order chi connectivity index (χ0) is 9.97. The van der Waals surface area contributed by atoms with Gasteiger partial charge in [-0.2, -0.15) is 5.10 Å². The van der Waals surface area contributed by atoms with E-state index in [1.54, 1.807) is 4.68 Å². The molecule has 0 fully saturated rings. The van der Waals surface area contributed by atoms with Gasteiger partial charge in [0.05, 0.1) is 5.69 Å². The van der Waals surface area contributed by atoms with Crippen molar-refractivity contribution in [1.82, 2.24) is 9.78 Å². The lowest BCUT2D eigenvalue weighted by molar-refractivity contribution is 0.172. The molecule has 14 heavy (non-hydrogen) atoms. The lowest BCUT2D eigenvalue weighted by Gasteiger charge is -2.07. The van der Waals surface area contributed by atoms with Crippen LogP contribution in [0.15, 0.2) is 23.9 Å². The van der Waals surface area contributed by atoms with Gasteiger partial charge in [-0.1, -0.05) is 11.6 Å². The van der Waals surface area contributed by atoms with Gasteiger partial charge in [0.1, 0.15) is 6.10 Å². The highest BCUT2D eigenvalue weighted by molar-refractivity contribution is 5.13. The number of aliphatic hydroxyl groups is 1. The highest BCUT2D eigenvalue weighted by Gasteiger charge is 2.14. The first kappa shape index (κ1) is 9.46. The molecule has 1 aliphatic rings. The Kier molecular flexibility index (Phi) is 2.68. The Morgan fingerprint density at radius 2 is 2.50 bits per heavy atom. The standard InChI is InChI=1S/C11H16N2O/c1-13-7-6-10(12-13)11(14)8-9-4-2-3-5-9/h4,6-7,11,14H,2-3,5,8H2,1H3. The Balaban J connectivity index is 1.98. The first-order valence-corrected chi connectivity index (χ1v) is 5.11. The first-order valence-electron chi connectivity index (χ1n) is 5.11. The summed E-state index contributed by atoms with van der Waals surface area (Å²) in [5.41, 5.74) is 2.16. The van der Waals surface area contributed by atoms with Crippen LogP contribution in [-0.4, -0.2) is 14.9 Å². The average molecular weight is 192 g/mol. The number of allylic oxidation sites excluding steroid dienone is 1. The minimum absolute atomic E-state index is 0.430. The van der Waals surface area contributed by atoms with Crippen LogP contribution in [0.2, 0.25) is 0 Å². The molecule has 76 valence electrons. The molecule has 0 bridgehead atoms. The van der Waals surface area contributed by atoms with Crippen LogP contribution >= 0.6 is 0 Å². The van der Waals surface area contributed by atoms with Crippen LogP contribution in [0.25, 0.3) is 0 Å². The number of hydrogen-bond acceptors (Lipinski definition) is 2. The van der Waals surface area contributed by atoms with Gasteiger partial charge >= 0.3 is 0 Å². The number of rotatable bonds is 3. The van der Waals surface area contributed by atoms with E-state index in [2.05, 4.69) is 11.2 Å². The van der Waals surface area contributed by atoms with Crippen molar-refractivity contribution in [3.05, 3.63) is 29.6 Å². The summed E-state index contributed by atoms with van der Waals surface area (Å²) in [4.78, 5) is 0. The van der Waals surface area contributed by atoms with Gasteiger partial charge in [-0.05, 0) is 25.3 Å². The quantitative estimate of drug-likeness (QED) is 0.743. The van der Waals surface area contributed by atoms with E-state index in [-0.39, 0.29) is 0 Å². The lowest BCUT2D eigenvalue weighted by atomic mass is 10.1. The molecule has 0 saturated carbocycles. The summed E-state index contributed by atoms with van der Waals surface area (Å²) in [7, 11) is 1.87. The summed E-state index contributed by atoms with van der Waals surface area (Å²) in [5.74, 6) is 0. The number of aliphatic hydroxyl groups excluding tert-OH is 1. The number of aromatic nitrogens is 2. The Bertz CT molecular complexity index is 341. The topological polar surface area (TPSA) is 38.0 Å². The Morgan fingerprint density at radius 1 is 1.64 bits per heavy atom. The van der Waals surface area contributed by atoms with Gasteiger partial charge in [-0.3, -0.25) is 4.68 Å². The molecule has 3 nitrogen and oxygen atoms in total. The lowest BCUT2D eigenvalue weighted by Crippen LogP contribution is -2.00. The third-order valence-electron chi connectivity index (χ3n) is 2.67. The van der Waals surface area contributed by atoms with Crippen molar-refractivity contribution in [1.29, 1.82) is 0 Å². The molecular formula is C11H16N2O. The summed E-state index contributed by atoms with van der Waals surface area (Å²) in [6.07, 6.45) is 7.98. The molecule has 0 saturated heterocycles. The molecule has 1 aliphatic carbocycles. The van der Waals surface area contributed by atoms with Crippen molar-refractivity contribution in [2.24, 2.45) is 7.05 Å². The van der Waals surface area contributed by atoms with Gasteiger partial charge in [0.25, 0.3) is 0 Å². The second-order valence-electron chi connectivity index (χ2n) is 3.89. The van der Waals surface area contributed by atoms with Crippen molar-refractivity contribution < 1.29 is 5.11 Å². The largest absolute Gasteiger partial charge is 0.386 e. The smallest absolute Gasteiger partial charge is 0.101 e. The molecule has 1 aromatic heterocycles. The van der Waals surface area contributed by atoms with Crippen LogP contribution in [0, 0.1) is 0 Å².